The number of carboxylic acids is 1. The second-order valence-electron chi connectivity index (χ2n) is 3.26. The van der Waals surface area contributed by atoms with Crippen LogP contribution in [0.15, 0.2) is 18.2 Å². The van der Waals surface area contributed by atoms with Crippen LogP contribution in [-0.4, -0.2) is 33.4 Å². The van der Waals surface area contributed by atoms with Gasteiger partial charge in [0.05, 0.1) is 9.85 Å². The minimum atomic E-state index is -1.38. The summed E-state index contributed by atoms with van der Waals surface area (Å²) in [5.41, 5.74) is -2.31. The number of aliphatic carboxylic acids is 1. The zero-order valence-electron chi connectivity index (χ0n) is 9.23. The van der Waals surface area contributed by atoms with Crippen LogP contribution in [0.4, 0.5) is 11.4 Å². The Labute approximate surface area is 104 Å². The maximum atomic E-state index is 11.6. The third kappa shape index (κ3) is 3.21. The molecule has 100 valence electrons. The Morgan fingerprint density at radius 2 is 1.63 bits per heavy atom. The highest BCUT2D eigenvalue weighted by Crippen LogP contribution is 2.27. The highest BCUT2D eigenvalue weighted by atomic mass is 16.6. The van der Waals surface area contributed by atoms with Crippen molar-refractivity contribution in [2.24, 2.45) is 0 Å². The van der Waals surface area contributed by atoms with Crippen molar-refractivity contribution in [2.75, 3.05) is 6.54 Å². The molecular formula is C9H7N3O7. The number of nitro benzene ring substituents is 2. The molecule has 1 aromatic carbocycles. The summed E-state index contributed by atoms with van der Waals surface area (Å²) in [6.07, 6.45) is 0. The van der Waals surface area contributed by atoms with E-state index in [1.54, 1.807) is 0 Å². The first-order chi connectivity index (χ1) is 8.84. The second kappa shape index (κ2) is 5.53. The summed E-state index contributed by atoms with van der Waals surface area (Å²) >= 11 is 0. The molecule has 0 fully saturated rings. The van der Waals surface area contributed by atoms with Crippen LogP contribution < -0.4 is 5.32 Å². The number of hydrogen-bond acceptors (Lipinski definition) is 6. The van der Waals surface area contributed by atoms with E-state index in [4.69, 9.17) is 5.11 Å². The lowest BCUT2D eigenvalue weighted by molar-refractivity contribution is -0.394. The normalized spacial score (nSPS) is 9.68. The van der Waals surface area contributed by atoms with E-state index >= 15 is 0 Å². The molecule has 0 bridgehead atoms. The fourth-order valence-electron chi connectivity index (χ4n) is 1.31. The van der Waals surface area contributed by atoms with E-state index in [1.807, 2.05) is 5.32 Å². The first-order valence-corrected chi connectivity index (χ1v) is 4.76. The summed E-state index contributed by atoms with van der Waals surface area (Å²) in [7, 11) is 0. The van der Waals surface area contributed by atoms with Crippen molar-refractivity contribution in [1.29, 1.82) is 0 Å². The zero-order chi connectivity index (χ0) is 14.6. The molecule has 0 atom stereocenters. The molecule has 19 heavy (non-hydrogen) atoms. The van der Waals surface area contributed by atoms with Gasteiger partial charge in [-0.1, -0.05) is 0 Å². The Morgan fingerprint density at radius 1 is 1.16 bits per heavy atom. The predicted molar refractivity (Wildman–Crippen MR) is 59.7 cm³/mol. The van der Waals surface area contributed by atoms with Gasteiger partial charge in [0, 0.05) is 12.1 Å². The summed E-state index contributed by atoms with van der Waals surface area (Å²) in [6, 6.07) is 2.90. The van der Waals surface area contributed by atoms with Crippen LogP contribution in [0.3, 0.4) is 0 Å². The van der Waals surface area contributed by atoms with Gasteiger partial charge in [0.25, 0.3) is 17.3 Å². The van der Waals surface area contributed by atoms with Crippen LogP contribution in [-0.2, 0) is 4.79 Å². The lowest BCUT2D eigenvalue weighted by atomic mass is 10.1. The third-order valence-corrected chi connectivity index (χ3v) is 2.04. The molecule has 2 N–H and O–H groups in total. The van der Waals surface area contributed by atoms with Crippen molar-refractivity contribution in [2.45, 2.75) is 0 Å². The van der Waals surface area contributed by atoms with E-state index in [9.17, 15) is 29.8 Å². The number of carbonyl (C=O) groups is 2. The SMILES string of the molecule is O=C(O)CNC(=O)c1c([N+](=O)[O-])cccc1[N+](=O)[O-]. The molecule has 10 nitrogen and oxygen atoms in total. The molecule has 0 unspecified atom stereocenters. The van der Waals surface area contributed by atoms with E-state index in [1.165, 1.54) is 0 Å². The fourth-order valence-corrected chi connectivity index (χ4v) is 1.31. The molecule has 0 aliphatic heterocycles. The van der Waals surface area contributed by atoms with Crippen LogP contribution in [0.25, 0.3) is 0 Å². The van der Waals surface area contributed by atoms with Crippen molar-refractivity contribution >= 4 is 23.3 Å². The van der Waals surface area contributed by atoms with Crippen molar-refractivity contribution in [3.05, 3.63) is 44.0 Å². The minimum Gasteiger partial charge on any atom is -0.480 e. The highest BCUT2D eigenvalue weighted by Gasteiger charge is 2.30. The van der Waals surface area contributed by atoms with Gasteiger partial charge in [-0.2, -0.15) is 0 Å². The molecule has 0 aromatic heterocycles. The summed E-state index contributed by atoms with van der Waals surface area (Å²) in [5.74, 6) is -2.57. The average Bonchev–Trinajstić information content (AvgIpc) is 2.34. The Morgan fingerprint density at radius 3 is 2.00 bits per heavy atom. The number of nitro groups is 2. The van der Waals surface area contributed by atoms with Crippen LogP contribution in [0.5, 0.6) is 0 Å². The maximum absolute atomic E-state index is 11.6. The monoisotopic (exact) mass is 269 g/mol. The van der Waals surface area contributed by atoms with Crippen LogP contribution in [0.2, 0.25) is 0 Å². The Kier molecular flexibility index (Phi) is 4.08. The first kappa shape index (κ1) is 14.0. The van der Waals surface area contributed by atoms with Gasteiger partial charge in [0.1, 0.15) is 6.54 Å². The van der Waals surface area contributed by atoms with Crippen LogP contribution in [0.1, 0.15) is 10.4 Å². The molecule has 1 amide bonds. The number of benzene rings is 1. The van der Waals surface area contributed by atoms with Gasteiger partial charge >= 0.3 is 5.97 Å². The van der Waals surface area contributed by atoms with Crippen LogP contribution in [0, 0.1) is 20.2 Å². The number of carboxylic acid groups (broad SMARTS) is 1. The summed E-state index contributed by atoms with van der Waals surface area (Å²) in [5, 5.41) is 31.7. The Bertz CT molecular complexity index is 537. The minimum absolute atomic E-state index is 0.767. The Balaban J connectivity index is 3.28. The second-order valence-corrected chi connectivity index (χ2v) is 3.26. The summed E-state index contributed by atoms with van der Waals surface area (Å²) in [6.45, 7) is -0.804. The topological polar surface area (TPSA) is 153 Å². The largest absolute Gasteiger partial charge is 0.480 e. The first-order valence-electron chi connectivity index (χ1n) is 4.76. The van der Waals surface area contributed by atoms with Gasteiger partial charge in [-0.25, -0.2) is 0 Å². The molecule has 0 radical (unpaired) electrons. The average molecular weight is 269 g/mol. The number of amides is 1. The Hall–Kier alpha value is -3.04. The van der Waals surface area contributed by atoms with E-state index < -0.39 is 45.2 Å². The summed E-state index contributed by atoms with van der Waals surface area (Å²) in [4.78, 5) is 41.4. The number of rotatable bonds is 5. The number of nitrogens with one attached hydrogen (secondary N) is 1. The maximum Gasteiger partial charge on any atom is 0.322 e. The van der Waals surface area contributed by atoms with Gasteiger partial charge in [-0.15, -0.1) is 0 Å². The molecule has 0 saturated carbocycles. The van der Waals surface area contributed by atoms with Gasteiger partial charge in [-0.05, 0) is 6.07 Å². The molecule has 1 aromatic rings. The fraction of sp³-hybridized carbons (Fsp3) is 0.111. The lowest BCUT2D eigenvalue weighted by Gasteiger charge is -2.04. The van der Waals surface area contributed by atoms with Gasteiger partial charge in [0.15, 0.2) is 5.56 Å². The van der Waals surface area contributed by atoms with Crippen molar-refractivity contribution in [1.82, 2.24) is 5.32 Å². The molecule has 0 saturated heterocycles. The predicted octanol–water partition coefficient (Wildman–Crippen LogP) is 0.317. The lowest BCUT2D eigenvalue weighted by Crippen LogP contribution is -2.30. The van der Waals surface area contributed by atoms with E-state index in [-0.39, 0.29) is 0 Å². The highest BCUT2D eigenvalue weighted by molar-refractivity contribution is 6.03. The standard InChI is InChI=1S/C9H7N3O7/c13-7(14)4-10-9(15)8-5(11(16)17)2-1-3-6(8)12(18)19/h1-3H,4H2,(H,10,15)(H,13,14). The van der Waals surface area contributed by atoms with Crippen molar-refractivity contribution in [3.63, 3.8) is 0 Å². The quantitative estimate of drug-likeness (QED) is 0.576. The molecular weight excluding hydrogens is 262 g/mol. The molecule has 0 spiro atoms. The molecule has 0 heterocycles. The molecule has 0 aliphatic rings. The van der Waals surface area contributed by atoms with E-state index in [0.29, 0.717) is 0 Å². The smallest absolute Gasteiger partial charge is 0.322 e. The van der Waals surface area contributed by atoms with Crippen molar-refractivity contribution < 1.29 is 24.5 Å². The molecule has 10 heteroatoms. The number of carbonyl (C=O) groups excluding carboxylic acids is 1. The van der Waals surface area contributed by atoms with Gasteiger partial charge < -0.3 is 10.4 Å². The van der Waals surface area contributed by atoms with Crippen molar-refractivity contribution in [3.8, 4) is 0 Å². The van der Waals surface area contributed by atoms with Crippen LogP contribution >= 0.6 is 0 Å². The van der Waals surface area contributed by atoms with E-state index in [0.717, 1.165) is 18.2 Å². The van der Waals surface area contributed by atoms with Gasteiger partial charge in [0.2, 0.25) is 0 Å². The molecule has 1 rings (SSSR count). The van der Waals surface area contributed by atoms with Gasteiger partial charge in [-0.3, -0.25) is 29.8 Å². The number of nitrogens with zero attached hydrogens (tertiary/aromatic N) is 2. The molecule has 0 aliphatic carbocycles. The third-order valence-electron chi connectivity index (χ3n) is 2.04. The zero-order valence-corrected chi connectivity index (χ0v) is 9.23. The number of hydrogen-bond donors (Lipinski definition) is 2. The summed E-state index contributed by atoms with van der Waals surface area (Å²) < 4.78 is 0. The van der Waals surface area contributed by atoms with E-state index in [2.05, 4.69) is 0 Å².